The molecule has 2 atom stereocenters. The molecule has 0 aromatic heterocycles. The molecule has 1 spiro atoms. The number of nitrogens with one attached hydrogen (secondary N) is 1. The molecule has 1 N–H and O–H groups in total. The second kappa shape index (κ2) is 5.23. The third-order valence-electron chi connectivity index (χ3n) is 5.52. The van der Waals surface area contributed by atoms with Crippen molar-refractivity contribution < 1.29 is 9.59 Å². The van der Waals surface area contributed by atoms with Crippen molar-refractivity contribution in [2.45, 2.75) is 38.5 Å². The molecule has 0 aromatic rings. The zero-order valence-corrected chi connectivity index (χ0v) is 12.2. The summed E-state index contributed by atoms with van der Waals surface area (Å²) >= 11 is 0. The molecule has 2 fully saturated rings. The van der Waals surface area contributed by atoms with Crippen molar-refractivity contribution in [3.63, 3.8) is 0 Å². The van der Waals surface area contributed by atoms with Gasteiger partial charge in [-0.3, -0.25) is 9.59 Å². The van der Waals surface area contributed by atoms with Crippen molar-refractivity contribution in [3.8, 4) is 0 Å². The lowest BCUT2D eigenvalue weighted by Crippen LogP contribution is -2.41. The van der Waals surface area contributed by atoms with Crippen LogP contribution in [0.1, 0.15) is 38.5 Å². The summed E-state index contributed by atoms with van der Waals surface area (Å²) in [5.41, 5.74) is 0.0573. The van der Waals surface area contributed by atoms with Gasteiger partial charge < -0.3 is 10.2 Å². The topological polar surface area (TPSA) is 49.4 Å². The lowest BCUT2D eigenvalue weighted by Gasteiger charge is -2.30. The van der Waals surface area contributed by atoms with Gasteiger partial charge in [-0.05, 0) is 32.1 Å². The Morgan fingerprint density at radius 3 is 2.70 bits per heavy atom. The third-order valence-corrected chi connectivity index (χ3v) is 5.52. The van der Waals surface area contributed by atoms with Crippen LogP contribution in [0, 0.1) is 17.3 Å². The number of likely N-dealkylation sites (tertiary alicyclic amines) is 1. The van der Waals surface area contributed by atoms with Crippen LogP contribution in [0.5, 0.6) is 0 Å². The maximum Gasteiger partial charge on any atom is 0.226 e. The molecule has 1 saturated heterocycles. The summed E-state index contributed by atoms with van der Waals surface area (Å²) in [6, 6.07) is 0. The van der Waals surface area contributed by atoms with Gasteiger partial charge in [0.2, 0.25) is 11.8 Å². The molecule has 0 bridgehead atoms. The largest absolute Gasteiger partial charge is 0.359 e. The summed E-state index contributed by atoms with van der Waals surface area (Å²) in [6.45, 7) is 1.63. The molecule has 20 heavy (non-hydrogen) atoms. The molecule has 1 saturated carbocycles. The van der Waals surface area contributed by atoms with E-state index in [2.05, 4.69) is 17.5 Å². The Bertz CT molecular complexity index is 438. The zero-order valence-electron chi connectivity index (χ0n) is 12.2. The van der Waals surface area contributed by atoms with E-state index in [1.807, 2.05) is 4.90 Å². The van der Waals surface area contributed by atoms with Crippen LogP contribution in [0.4, 0.5) is 0 Å². The second-order valence-corrected chi connectivity index (χ2v) is 6.57. The fourth-order valence-corrected chi connectivity index (χ4v) is 4.37. The maximum atomic E-state index is 12.5. The van der Waals surface area contributed by atoms with Crippen LogP contribution in [0.3, 0.4) is 0 Å². The highest BCUT2D eigenvalue weighted by Gasteiger charge is 2.51. The first-order chi connectivity index (χ1) is 9.66. The Kier molecular flexibility index (Phi) is 3.57. The lowest BCUT2D eigenvalue weighted by atomic mass is 9.76. The molecule has 0 aromatic carbocycles. The summed E-state index contributed by atoms with van der Waals surface area (Å²) in [5, 5.41) is 2.80. The smallest absolute Gasteiger partial charge is 0.226 e. The summed E-state index contributed by atoms with van der Waals surface area (Å²) in [7, 11) is 1.72. The Morgan fingerprint density at radius 2 is 2.00 bits per heavy atom. The average Bonchev–Trinajstić information content (AvgIpc) is 3.19. The van der Waals surface area contributed by atoms with E-state index in [0.717, 1.165) is 51.6 Å². The van der Waals surface area contributed by atoms with Gasteiger partial charge in [-0.2, -0.15) is 0 Å². The minimum atomic E-state index is 0.0573. The number of amides is 2. The molecule has 110 valence electrons. The van der Waals surface area contributed by atoms with E-state index in [1.165, 1.54) is 0 Å². The van der Waals surface area contributed by atoms with E-state index in [-0.39, 0.29) is 23.2 Å². The fraction of sp³-hybridized carbons (Fsp3) is 0.750. The van der Waals surface area contributed by atoms with Crippen molar-refractivity contribution in [1.29, 1.82) is 0 Å². The number of rotatable bonds is 2. The van der Waals surface area contributed by atoms with E-state index >= 15 is 0 Å². The zero-order chi connectivity index (χ0) is 14.2. The number of carbonyl (C=O) groups is 2. The highest BCUT2D eigenvalue weighted by Crippen LogP contribution is 2.50. The molecule has 2 unspecified atom stereocenters. The second-order valence-electron chi connectivity index (χ2n) is 6.57. The van der Waals surface area contributed by atoms with Crippen LogP contribution >= 0.6 is 0 Å². The molecule has 1 aliphatic heterocycles. The summed E-state index contributed by atoms with van der Waals surface area (Å²) in [5.74, 6) is 0.728. The van der Waals surface area contributed by atoms with Crippen LogP contribution in [0.15, 0.2) is 12.2 Å². The third kappa shape index (κ3) is 2.15. The molecule has 4 nitrogen and oxygen atoms in total. The fourth-order valence-electron chi connectivity index (χ4n) is 4.37. The Morgan fingerprint density at radius 1 is 1.25 bits per heavy atom. The first-order valence-corrected chi connectivity index (χ1v) is 7.82. The normalized spacial score (nSPS) is 33.2. The number of allylic oxidation sites excluding steroid dienone is 2. The SMILES string of the molecule is CNC(=O)C1CCCC12CCN(C(=O)C1CC=CC1)C2. The predicted octanol–water partition coefficient (Wildman–Crippen LogP) is 1.72. The summed E-state index contributed by atoms with van der Waals surface area (Å²) in [4.78, 5) is 26.6. The van der Waals surface area contributed by atoms with Crippen LogP contribution in [-0.2, 0) is 9.59 Å². The molecule has 2 aliphatic carbocycles. The molecule has 1 heterocycles. The van der Waals surface area contributed by atoms with E-state index in [1.54, 1.807) is 7.05 Å². The van der Waals surface area contributed by atoms with Crippen LogP contribution < -0.4 is 5.32 Å². The minimum absolute atomic E-state index is 0.0573. The number of hydrogen-bond donors (Lipinski definition) is 1. The van der Waals surface area contributed by atoms with E-state index in [4.69, 9.17) is 0 Å². The average molecular weight is 276 g/mol. The monoisotopic (exact) mass is 276 g/mol. The molecular formula is C16H24N2O2. The number of carbonyl (C=O) groups excluding carboxylic acids is 2. The lowest BCUT2D eigenvalue weighted by molar-refractivity contribution is -0.135. The Labute approximate surface area is 120 Å². The van der Waals surface area contributed by atoms with Gasteiger partial charge in [0.25, 0.3) is 0 Å². The molecule has 2 amide bonds. The van der Waals surface area contributed by atoms with Gasteiger partial charge in [0, 0.05) is 37.4 Å². The van der Waals surface area contributed by atoms with Crippen molar-refractivity contribution in [2.24, 2.45) is 17.3 Å². The van der Waals surface area contributed by atoms with Gasteiger partial charge in [-0.1, -0.05) is 18.6 Å². The number of hydrogen-bond acceptors (Lipinski definition) is 2. The molecule has 0 radical (unpaired) electrons. The van der Waals surface area contributed by atoms with Crippen LogP contribution in [0.25, 0.3) is 0 Å². The highest BCUT2D eigenvalue weighted by molar-refractivity contribution is 5.82. The van der Waals surface area contributed by atoms with E-state index in [0.29, 0.717) is 5.91 Å². The van der Waals surface area contributed by atoms with Gasteiger partial charge in [-0.25, -0.2) is 0 Å². The molecule has 3 rings (SSSR count). The van der Waals surface area contributed by atoms with Crippen LogP contribution in [0.2, 0.25) is 0 Å². The number of nitrogens with zero attached hydrogens (tertiary/aromatic N) is 1. The summed E-state index contributed by atoms with van der Waals surface area (Å²) in [6.07, 6.45) is 10.2. The highest BCUT2D eigenvalue weighted by atomic mass is 16.2. The van der Waals surface area contributed by atoms with Crippen molar-refractivity contribution in [2.75, 3.05) is 20.1 Å². The maximum absolute atomic E-state index is 12.5. The summed E-state index contributed by atoms with van der Waals surface area (Å²) < 4.78 is 0. The predicted molar refractivity (Wildman–Crippen MR) is 76.9 cm³/mol. The van der Waals surface area contributed by atoms with Gasteiger partial charge >= 0.3 is 0 Å². The quantitative estimate of drug-likeness (QED) is 0.781. The molecular weight excluding hydrogens is 252 g/mol. The van der Waals surface area contributed by atoms with Crippen molar-refractivity contribution in [1.82, 2.24) is 10.2 Å². The first-order valence-electron chi connectivity index (χ1n) is 7.82. The first kappa shape index (κ1) is 13.7. The Balaban J connectivity index is 1.69. The standard InChI is InChI=1S/C16H24N2O2/c1-17-14(19)13-7-4-8-16(13)9-10-18(11-16)15(20)12-5-2-3-6-12/h2-3,12-13H,4-11H2,1H3,(H,17,19). The molecule has 4 heteroatoms. The minimum Gasteiger partial charge on any atom is -0.359 e. The van der Waals surface area contributed by atoms with Gasteiger partial charge in [-0.15, -0.1) is 0 Å². The Hall–Kier alpha value is -1.32. The molecule has 3 aliphatic rings. The van der Waals surface area contributed by atoms with Crippen LogP contribution in [-0.4, -0.2) is 36.9 Å². The van der Waals surface area contributed by atoms with Gasteiger partial charge in [0.05, 0.1) is 0 Å². The van der Waals surface area contributed by atoms with E-state index < -0.39 is 0 Å². The van der Waals surface area contributed by atoms with E-state index in [9.17, 15) is 9.59 Å². The van der Waals surface area contributed by atoms with Gasteiger partial charge in [0.15, 0.2) is 0 Å². The van der Waals surface area contributed by atoms with Gasteiger partial charge in [0.1, 0.15) is 0 Å². The van der Waals surface area contributed by atoms with Crippen molar-refractivity contribution in [3.05, 3.63) is 12.2 Å². The van der Waals surface area contributed by atoms with Crippen molar-refractivity contribution >= 4 is 11.8 Å².